The maximum atomic E-state index is 12.1. The summed E-state index contributed by atoms with van der Waals surface area (Å²) >= 11 is 0. The maximum absolute atomic E-state index is 12.1. The van der Waals surface area contributed by atoms with E-state index in [1.165, 1.54) is 13.0 Å². The third-order valence-electron chi connectivity index (χ3n) is 4.03. The molecule has 0 fully saturated rings. The third kappa shape index (κ3) is 5.65. The van der Waals surface area contributed by atoms with Crippen molar-refractivity contribution in [3.8, 4) is 12.1 Å². The molecule has 0 spiro atoms. The first-order chi connectivity index (χ1) is 12.6. The summed E-state index contributed by atoms with van der Waals surface area (Å²) in [7, 11) is 0. The minimum absolute atomic E-state index is 0.118. The highest BCUT2D eigenvalue weighted by molar-refractivity contribution is 6.06. The van der Waals surface area contributed by atoms with E-state index in [1.54, 1.807) is 12.1 Å². The van der Waals surface area contributed by atoms with E-state index in [2.05, 4.69) is 18.4 Å². The number of hydrogen-bond donors (Lipinski definition) is 1. The lowest BCUT2D eigenvalue weighted by molar-refractivity contribution is -0.143. The molecule has 0 saturated carbocycles. The van der Waals surface area contributed by atoms with Gasteiger partial charge in [0.25, 0.3) is 0 Å². The number of carbonyl (C=O) groups is 2. The Morgan fingerprint density at radius 2 is 1.96 bits per heavy atom. The largest absolute Gasteiger partial charge is 0.453 e. The molecular weight excluding hydrogens is 344 g/mol. The average Bonchev–Trinajstić information content (AvgIpc) is 2.84. The number of nitrogens with zero attached hydrogens (tertiary/aromatic N) is 3. The highest BCUT2D eigenvalue weighted by Gasteiger charge is 2.22. The monoisotopic (exact) mass is 368 g/mol. The lowest BCUT2D eigenvalue weighted by atomic mass is 10.0. The second-order valence-electron chi connectivity index (χ2n) is 6.79. The van der Waals surface area contributed by atoms with Crippen molar-refractivity contribution in [3.63, 3.8) is 0 Å². The SMILES string of the molecule is CC(=N)[C@@H](C#N)C(=O)COC(=O)/C(C#N)=C/c1cc(C)n(CC(C)C)c1C. The van der Waals surface area contributed by atoms with Gasteiger partial charge in [-0.2, -0.15) is 10.5 Å². The molecule has 7 heteroatoms. The van der Waals surface area contributed by atoms with E-state index in [4.69, 9.17) is 15.4 Å². The van der Waals surface area contributed by atoms with Gasteiger partial charge in [-0.1, -0.05) is 13.8 Å². The number of esters is 1. The molecule has 0 bridgehead atoms. The van der Waals surface area contributed by atoms with Gasteiger partial charge in [0.15, 0.2) is 12.4 Å². The highest BCUT2D eigenvalue weighted by atomic mass is 16.5. The Labute approximate surface area is 159 Å². The van der Waals surface area contributed by atoms with Crippen molar-refractivity contribution in [3.05, 3.63) is 28.6 Å². The summed E-state index contributed by atoms with van der Waals surface area (Å²) in [5.74, 6) is -2.42. The number of nitriles is 2. The number of nitrogens with one attached hydrogen (secondary N) is 1. The molecule has 0 aliphatic heterocycles. The van der Waals surface area contributed by atoms with Crippen LogP contribution in [0.25, 0.3) is 6.08 Å². The molecule has 0 aliphatic carbocycles. The number of ketones is 1. The van der Waals surface area contributed by atoms with Crippen LogP contribution in [0, 0.1) is 53.8 Å². The van der Waals surface area contributed by atoms with Crippen LogP contribution in [-0.4, -0.2) is 28.6 Å². The molecule has 0 aromatic carbocycles. The predicted molar refractivity (Wildman–Crippen MR) is 101 cm³/mol. The van der Waals surface area contributed by atoms with Crippen LogP contribution < -0.4 is 0 Å². The Morgan fingerprint density at radius 3 is 2.44 bits per heavy atom. The van der Waals surface area contributed by atoms with Gasteiger partial charge in [-0.05, 0) is 44.4 Å². The Balaban J connectivity index is 2.97. The first kappa shape index (κ1) is 21.9. The zero-order valence-electron chi connectivity index (χ0n) is 16.3. The molecule has 1 atom stereocenters. The van der Waals surface area contributed by atoms with Crippen molar-refractivity contribution in [1.29, 1.82) is 15.9 Å². The fourth-order valence-electron chi connectivity index (χ4n) is 2.62. The second-order valence-corrected chi connectivity index (χ2v) is 6.79. The molecule has 1 N–H and O–H groups in total. The number of hydrogen-bond acceptors (Lipinski definition) is 6. The molecule has 0 unspecified atom stereocenters. The van der Waals surface area contributed by atoms with E-state index < -0.39 is 24.3 Å². The molecule has 0 aliphatic rings. The van der Waals surface area contributed by atoms with E-state index >= 15 is 0 Å². The van der Waals surface area contributed by atoms with Crippen molar-refractivity contribution >= 4 is 23.5 Å². The summed E-state index contributed by atoms with van der Waals surface area (Å²) < 4.78 is 6.99. The molecule has 1 aromatic rings. The highest BCUT2D eigenvalue weighted by Crippen LogP contribution is 2.20. The molecule has 1 aromatic heterocycles. The molecule has 1 rings (SSSR count). The van der Waals surface area contributed by atoms with Crippen LogP contribution in [0.2, 0.25) is 0 Å². The van der Waals surface area contributed by atoms with Gasteiger partial charge in [-0.3, -0.25) is 4.79 Å². The lowest BCUT2D eigenvalue weighted by Gasteiger charge is -2.12. The lowest BCUT2D eigenvalue weighted by Crippen LogP contribution is -2.25. The average molecular weight is 368 g/mol. The topological polar surface area (TPSA) is 120 Å². The predicted octanol–water partition coefficient (Wildman–Crippen LogP) is 2.96. The second kappa shape index (κ2) is 9.49. The Morgan fingerprint density at radius 1 is 1.33 bits per heavy atom. The third-order valence-corrected chi connectivity index (χ3v) is 4.03. The van der Waals surface area contributed by atoms with Crippen molar-refractivity contribution in [2.45, 2.75) is 41.2 Å². The van der Waals surface area contributed by atoms with E-state index in [0.29, 0.717) is 5.92 Å². The maximum Gasteiger partial charge on any atom is 0.349 e. The summed E-state index contributed by atoms with van der Waals surface area (Å²) in [6.07, 6.45) is 1.44. The van der Waals surface area contributed by atoms with Gasteiger partial charge in [0.2, 0.25) is 0 Å². The minimum Gasteiger partial charge on any atom is -0.453 e. The molecular formula is C20H24N4O3. The van der Waals surface area contributed by atoms with Crippen molar-refractivity contribution in [2.24, 2.45) is 11.8 Å². The van der Waals surface area contributed by atoms with E-state index in [9.17, 15) is 14.9 Å². The number of aryl methyl sites for hydroxylation is 1. The molecule has 142 valence electrons. The normalized spacial score (nSPS) is 12.2. The number of aromatic nitrogens is 1. The fraction of sp³-hybridized carbons (Fsp3) is 0.450. The quantitative estimate of drug-likeness (QED) is 0.327. The van der Waals surface area contributed by atoms with Crippen LogP contribution in [0.3, 0.4) is 0 Å². The van der Waals surface area contributed by atoms with Gasteiger partial charge >= 0.3 is 5.97 Å². The first-order valence-corrected chi connectivity index (χ1v) is 8.55. The van der Waals surface area contributed by atoms with Gasteiger partial charge < -0.3 is 14.7 Å². The molecule has 0 amide bonds. The van der Waals surface area contributed by atoms with Crippen LogP contribution in [0.5, 0.6) is 0 Å². The summed E-state index contributed by atoms with van der Waals surface area (Å²) in [5.41, 5.74) is 2.34. The number of carbonyl (C=O) groups excluding carboxylic acids is 2. The Hall–Kier alpha value is -3.19. The van der Waals surface area contributed by atoms with Gasteiger partial charge in [0.1, 0.15) is 17.6 Å². The Bertz CT molecular complexity index is 863. The smallest absolute Gasteiger partial charge is 0.349 e. The van der Waals surface area contributed by atoms with Gasteiger partial charge in [0.05, 0.1) is 6.07 Å². The van der Waals surface area contributed by atoms with Crippen LogP contribution >= 0.6 is 0 Å². The van der Waals surface area contributed by atoms with Crippen LogP contribution in [0.15, 0.2) is 11.6 Å². The number of rotatable bonds is 8. The van der Waals surface area contributed by atoms with Crippen LogP contribution in [-0.2, 0) is 20.9 Å². The van der Waals surface area contributed by atoms with E-state index in [0.717, 1.165) is 23.5 Å². The van der Waals surface area contributed by atoms with Gasteiger partial charge in [-0.15, -0.1) is 0 Å². The van der Waals surface area contributed by atoms with Crippen LogP contribution in [0.1, 0.15) is 37.7 Å². The number of Topliss-reactive ketones (excluding diaryl/α,β-unsaturated/α-hetero) is 1. The van der Waals surface area contributed by atoms with Crippen molar-refractivity contribution < 1.29 is 14.3 Å². The summed E-state index contributed by atoms with van der Waals surface area (Å²) in [4.78, 5) is 24.0. The summed E-state index contributed by atoms with van der Waals surface area (Å²) in [5, 5.41) is 25.5. The van der Waals surface area contributed by atoms with Crippen molar-refractivity contribution in [2.75, 3.05) is 6.61 Å². The number of ether oxygens (including phenoxy) is 1. The van der Waals surface area contributed by atoms with Crippen LogP contribution in [0.4, 0.5) is 0 Å². The molecule has 0 radical (unpaired) electrons. The molecule has 1 heterocycles. The van der Waals surface area contributed by atoms with Crippen molar-refractivity contribution in [1.82, 2.24) is 4.57 Å². The standard InChI is InChI=1S/C20H24N4O3/c1-12(2)10-24-13(3)6-16(15(24)5)7-17(8-21)20(26)27-11-19(25)18(9-22)14(4)23/h6-7,12,18,23H,10-11H2,1-5H3/b17-7+,23-14?/t18-/m1/s1. The zero-order chi connectivity index (χ0) is 20.7. The molecule has 27 heavy (non-hydrogen) atoms. The Kier molecular flexibility index (Phi) is 7.68. The summed E-state index contributed by atoms with van der Waals surface area (Å²) in [6, 6.07) is 5.37. The van der Waals surface area contributed by atoms with E-state index in [-0.39, 0.29) is 11.3 Å². The first-order valence-electron chi connectivity index (χ1n) is 8.55. The summed E-state index contributed by atoms with van der Waals surface area (Å²) in [6.45, 7) is 9.58. The van der Waals surface area contributed by atoms with Gasteiger partial charge in [0, 0.05) is 23.6 Å². The minimum atomic E-state index is -1.25. The molecule has 0 saturated heterocycles. The molecule has 7 nitrogen and oxygen atoms in total. The van der Waals surface area contributed by atoms with Gasteiger partial charge in [-0.25, -0.2) is 4.79 Å². The van der Waals surface area contributed by atoms with E-state index in [1.807, 2.05) is 19.9 Å². The zero-order valence-corrected chi connectivity index (χ0v) is 16.3. The fourth-order valence-corrected chi connectivity index (χ4v) is 2.62.